The SMILES string of the molecule is COCCN1C(=O)C(=O)/C(=C(/O)c2ccc(S(=O)(=O)N3CCCCC3)cc2)[C@H]1c1ccc(OC)cc1. The minimum Gasteiger partial charge on any atom is -0.507 e. The minimum absolute atomic E-state index is 0.0621. The van der Waals surface area contributed by atoms with Gasteiger partial charge in [0.1, 0.15) is 11.5 Å². The van der Waals surface area contributed by atoms with E-state index >= 15 is 0 Å². The standard InChI is InChI=1S/C26H30N2O7S/c1-34-17-16-28-23(18-6-10-20(35-2)11-7-18)22(25(30)26(28)31)24(29)19-8-12-21(13-9-19)36(32,33)27-14-4-3-5-15-27/h6-13,23,29H,3-5,14-17H2,1-2H3/b24-22+/t23-/m1/s1. The molecule has 2 saturated heterocycles. The molecule has 2 aliphatic rings. The monoisotopic (exact) mass is 514 g/mol. The van der Waals surface area contributed by atoms with Crippen molar-refractivity contribution in [2.24, 2.45) is 0 Å². The van der Waals surface area contributed by atoms with Gasteiger partial charge < -0.3 is 19.5 Å². The first-order valence-corrected chi connectivity index (χ1v) is 13.3. The normalized spacial score (nSPS) is 20.6. The zero-order valence-electron chi connectivity index (χ0n) is 20.3. The van der Waals surface area contributed by atoms with Gasteiger partial charge in [0, 0.05) is 32.3 Å². The number of Topliss-reactive ketones (excluding diaryl/α,β-unsaturated/α-hetero) is 1. The van der Waals surface area contributed by atoms with E-state index < -0.39 is 27.8 Å². The average molecular weight is 515 g/mol. The van der Waals surface area contributed by atoms with Crippen LogP contribution >= 0.6 is 0 Å². The lowest BCUT2D eigenvalue weighted by atomic mass is 9.95. The van der Waals surface area contributed by atoms with E-state index in [0.29, 0.717) is 24.4 Å². The fourth-order valence-electron chi connectivity index (χ4n) is 4.63. The van der Waals surface area contributed by atoms with Gasteiger partial charge >= 0.3 is 0 Å². The molecule has 0 aromatic heterocycles. The summed E-state index contributed by atoms with van der Waals surface area (Å²) in [5.41, 5.74) is 0.806. The number of sulfonamides is 1. The second-order valence-corrected chi connectivity index (χ2v) is 10.7. The number of methoxy groups -OCH3 is 2. The van der Waals surface area contributed by atoms with Gasteiger partial charge in [0.2, 0.25) is 10.0 Å². The summed E-state index contributed by atoms with van der Waals surface area (Å²) in [5, 5.41) is 11.2. The highest BCUT2D eigenvalue weighted by Crippen LogP contribution is 2.39. The first kappa shape index (κ1) is 25.9. The second kappa shape index (κ2) is 10.8. The molecule has 2 aromatic carbocycles. The third-order valence-corrected chi connectivity index (χ3v) is 8.50. The predicted molar refractivity (Wildman–Crippen MR) is 133 cm³/mol. The first-order chi connectivity index (χ1) is 17.3. The molecule has 0 radical (unpaired) electrons. The number of piperidine rings is 1. The van der Waals surface area contributed by atoms with Gasteiger partial charge in [-0.25, -0.2) is 8.42 Å². The molecule has 0 spiro atoms. The topological polar surface area (TPSA) is 113 Å². The van der Waals surface area contributed by atoms with Crippen LogP contribution in [0.5, 0.6) is 5.75 Å². The zero-order valence-corrected chi connectivity index (χ0v) is 21.2. The second-order valence-electron chi connectivity index (χ2n) is 8.75. The van der Waals surface area contributed by atoms with Crippen LogP contribution in [0.15, 0.2) is 59.0 Å². The van der Waals surface area contributed by atoms with Crippen molar-refractivity contribution >= 4 is 27.5 Å². The van der Waals surface area contributed by atoms with Crippen molar-refractivity contribution in [1.29, 1.82) is 0 Å². The van der Waals surface area contributed by atoms with Crippen LogP contribution in [0.4, 0.5) is 0 Å². The molecule has 0 bridgehead atoms. The number of benzene rings is 2. The Morgan fingerprint density at radius 1 is 0.972 bits per heavy atom. The molecule has 0 saturated carbocycles. The maximum atomic E-state index is 13.1. The third-order valence-electron chi connectivity index (χ3n) is 6.59. The summed E-state index contributed by atoms with van der Waals surface area (Å²) >= 11 is 0. The van der Waals surface area contributed by atoms with Crippen LogP contribution in [0.25, 0.3) is 5.76 Å². The highest BCUT2D eigenvalue weighted by atomic mass is 32.2. The number of amides is 1. The number of nitrogens with zero attached hydrogens (tertiary/aromatic N) is 2. The van der Waals surface area contributed by atoms with Gasteiger partial charge in [-0.2, -0.15) is 4.31 Å². The third kappa shape index (κ3) is 4.88. The van der Waals surface area contributed by atoms with E-state index in [9.17, 15) is 23.1 Å². The Bertz CT molecular complexity index is 1250. The molecule has 2 heterocycles. The van der Waals surface area contributed by atoms with E-state index in [-0.39, 0.29) is 34.9 Å². The van der Waals surface area contributed by atoms with Crippen molar-refractivity contribution in [2.45, 2.75) is 30.2 Å². The van der Waals surface area contributed by atoms with Gasteiger partial charge in [0.15, 0.2) is 0 Å². The molecule has 1 N–H and O–H groups in total. The highest BCUT2D eigenvalue weighted by Gasteiger charge is 2.45. The van der Waals surface area contributed by atoms with Crippen LogP contribution in [0.2, 0.25) is 0 Å². The highest BCUT2D eigenvalue weighted by molar-refractivity contribution is 7.89. The fourth-order valence-corrected chi connectivity index (χ4v) is 6.14. The first-order valence-electron chi connectivity index (χ1n) is 11.8. The molecule has 0 unspecified atom stereocenters. The number of hydrogen-bond donors (Lipinski definition) is 1. The van der Waals surface area contributed by atoms with Crippen LogP contribution in [0.1, 0.15) is 36.4 Å². The summed E-state index contributed by atoms with van der Waals surface area (Å²) in [6.07, 6.45) is 2.66. The maximum absolute atomic E-state index is 13.1. The fraction of sp³-hybridized carbons (Fsp3) is 0.385. The summed E-state index contributed by atoms with van der Waals surface area (Å²) in [6, 6.07) is 11.8. The summed E-state index contributed by atoms with van der Waals surface area (Å²) < 4.78 is 37.8. The molecule has 192 valence electrons. The summed E-state index contributed by atoms with van der Waals surface area (Å²) in [4.78, 5) is 27.4. The molecule has 2 fully saturated rings. The van der Waals surface area contributed by atoms with Crippen LogP contribution in [-0.4, -0.2) is 74.9 Å². The summed E-state index contributed by atoms with van der Waals surface area (Å²) in [6.45, 7) is 1.33. The Balaban J connectivity index is 1.73. The number of likely N-dealkylation sites (tertiary alicyclic amines) is 1. The Kier molecular flexibility index (Phi) is 7.77. The van der Waals surface area contributed by atoms with Gasteiger partial charge in [-0.1, -0.05) is 18.6 Å². The van der Waals surface area contributed by atoms with E-state index in [0.717, 1.165) is 19.3 Å². The molecule has 2 aliphatic heterocycles. The molecule has 1 atom stereocenters. The van der Waals surface area contributed by atoms with Crippen molar-refractivity contribution in [3.05, 3.63) is 65.2 Å². The number of aliphatic hydroxyl groups excluding tert-OH is 1. The van der Waals surface area contributed by atoms with Crippen molar-refractivity contribution in [1.82, 2.24) is 9.21 Å². The number of carbonyl (C=O) groups is 2. The van der Waals surface area contributed by atoms with Crippen LogP contribution in [-0.2, 0) is 24.3 Å². The van der Waals surface area contributed by atoms with E-state index in [4.69, 9.17) is 9.47 Å². The molecule has 4 rings (SSSR count). The number of aliphatic hydroxyl groups is 1. The number of carbonyl (C=O) groups excluding carboxylic acids is 2. The molecule has 1 amide bonds. The van der Waals surface area contributed by atoms with Crippen molar-refractivity contribution < 1.29 is 32.6 Å². The number of ether oxygens (including phenoxy) is 2. The van der Waals surface area contributed by atoms with E-state index in [1.165, 1.54) is 47.7 Å². The van der Waals surface area contributed by atoms with Crippen LogP contribution in [0.3, 0.4) is 0 Å². The molecule has 36 heavy (non-hydrogen) atoms. The number of rotatable bonds is 8. The van der Waals surface area contributed by atoms with Gasteiger partial charge in [0.25, 0.3) is 11.7 Å². The van der Waals surface area contributed by atoms with E-state index in [2.05, 4.69) is 0 Å². The van der Waals surface area contributed by atoms with Gasteiger partial charge in [0.05, 0.1) is 30.2 Å². The van der Waals surface area contributed by atoms with E-state index in [1.54, 1.807) is 24.3 Å². The Morgan fingerprint density at radius 2 is 1.61 bits per heavy atom. The van der Waals surface area contributed by atoms with Gasteiger partial charge in [-0.15, -0.1) is 0 Å². The Labute approximate surface area is 211 Å². The number of ketones is 1. The summed E-state index contributed by atoms with van der Waals surface area (Å²) in [7, 11) is -0.607. The van der Waals surface area contributed by atoms with Gasteiger partial charge in [-0.3, -0.25) is 9.59 Å². The van der Waals surface area contributed by atoms with Crippen LogP contribution in [0, 0.1) is 0 Å². The number of hydrogen-bond acceptors (Lipinski definition) is 7. The molecule has 9 nitrogen and oxygen atoms in total. The molecule has 2 aromatic rings. The summed E-state index contributed by atoms with van der Waals surface area (Å²) in [5.74, 6) is -1.30. The molecule has 10 heteroatoms. The quantitative estimate of drug-likeness (QED) is 0.327. The molecular formula is C26H30N2O7S. The zero-order chi connectivity index (χ0) is 25.9. The Morgan fingerprint density at radius 3 is 2.19 bits per heavy atom. The van der Waals surface area contributed by atoms with Crippen LogP contribution < -0.4 is 4.74 Å². The molecular weight excluding hydrogens is 484 g/mol. The van der Waals surface area contributed by atoms with Gasteiger partial charge in [-0.05, 0) is 54.8 Å². The van der Waals surface area contributed by atoms with E-state index in [1.807, 2.05) is 0 Å². The maximum Gasteiger partial charge on any atom is 0.295 e. The largest absolute Gasteiger partial charge is 0.507 e. The Hall–Kier alpha value is -3.21. The minimum atomic E-state index is -3.64. The average Bonchev–Trinajstić information content (AvgIpc) is 3.17. The predicted octanol–water partition coefficient (Wildman–Crippen LogP) is 2.94. The van der Waals surface area contributed by atoms with Crippen molar-refractivity contribution in [2.75, 3.05) is 40.5 Å². The lowest BCUT2D eigenvalue weighted by Crippen LogP contribution is -2.35. The smallest absolute Gasteiger partial charge is 0.295 e. The lowest BCUT2D eigenvalue weighted by Gasteiger charge is -2.26. The molecule has 0 aliphatic carbocycles. The lowest BCUT2D eigenvalue weighted by molar-refractivity contribution is -0.140. The van der Waals surface area contributed by atoms with Crippen molar-refractivity contribution in [3.63, 3.8) is 0 Å². The van der Waals surface area contributed by atoms with Crippen molar-refractivity contribution in [3.8, 4) is 5.75 Å².